The number of benzene rings is 1. The van der Waals surface area contributed by atoms with Crippen molar-refractivity contribution in [1.29, 1.82) is 0 Å². The number of aryl methyl sites for hydroxylation is 1. The van der Waals surface area contributed by atoms with E-state index < -0.39 is 0 Å². The maximum atomic E-state index is 13.4. The van der Waals surface area contributed by atoms with E-state index in [2.05, 4.69) is 5.32 Å². The molecule has 174 valence electrons. The van der Waals surface area contributed by atoms with Crippen LogP contribution in [0.1, 0.15) is 54.4 Å². The smallest absolute Gasteiger partial charge is 0.253 e. The molecular weight excluding hydrogens is 404 g/mol. The maximum absolute atomic E-state index is 13.4. The van der Waals surface area contributed by atoms with Gasteiger partial charge in [0.15, 0.2) is 0 Å². The molecule has 1 N–H and O–H groups in total. The minimum Gasteiger partial charge on any atom is -0.349 e. The number of carbonyl (C=O) groups is 3. The van der Waals surface area contributed by atoms with Gasteiger partial charge in [-0.2, -0.15) is 0 Å². The molecular formula is C25H36N4O3. The number of nitrogens with zero attached hydrogens (tertiary/aromatic N) is 3. The van der Waals surface area contributed by atoms with Gasteiger partial charge in [-0.1, -0.05) is 6.07 Å². The van der Waals surface area contributed by atoms with Crippen molar-refractivity contribution < 1.29 is 14.4 Å². The fourth-order valence-corrected chi connectivity index (χ4v) is 5.49. The summed E-state index contributed by atoms with van der Waals surface area (Å²) in [5.74, 6) is 1.28. The molecule has 0 saturated carbocycles. The number of rotatable bonds is 6. The van der Waals surface area contributed by atoms with Crippen LogP contribution in [0, 0.1) is 18.8 Å². The molecule has 0 aromatic heterocycles. The standard InChI is InChI=1S/C25H36N4O3/c1-17-9-10-19(13-22(17)29-11-5-8-24(29)31)25(32)28-15-18-12-20(16-28)21(26-14-18)6-4-7-23(30)27(2)3/h9-10,13,18,20-21,26H,4-8,11-12,14-16H2,1-3H3/t18-,20+,21+/m0/s1. The van der Waals surface area contributed by atoms with Gasteiger partial charge in [0, 0.05) is 63.9 Å². The second-order valence-electron chi connectivity index (χ2n) is 9.92. The lowest BCUT2D eigenvalue weighted by molar-refractivity contribution is -0.128. The zero-order chi connectivity index (χ0) is 22.8. The molecule has 3 aliphatic heterocycles. The summed E-state index contributed by atoms with van der Waals surface area (Å²) in [6, 6.07) is 6.13. The van der Waals surface area contributed by atoms with E-state index in [0.717, 1.165) is 63.1 Å². The van der Waals surface area contributed by atoms with Gasteiger partial charge < -0.3 is 20.0 Å². The van der Waals surface area contributed by atoms with Crippen LogP contribution in [0.25, 0.3) is 0 Å². The highest BCUT2D eigenvalue weighted by Crippen LogP contribution is 2.32. The highest BCUT2D eigenvalue weighted by Gasteiger charge is 2.38. The Hall–Kier alpha value is -2.41. The number of likely N-dealkylation sites (tertiary alicyclic amines) is 1. The van der Waals surface area contributed by atoms with Crippen molar-refractivity contribution in [2.45, 2.75) is 51.5 Å². The SMILES string of the molecule is Cc1ccc(C(=O)N2C[C@@H]3CN[C@H](CCCC(=O)N(C)C)[C@H](C3)C2)cc1N1CCCC1=O. The molecule has 7 nitrogen and oxygen atoms in total. The minimum atomic E-state index is 0.0658. The number of anilines is 1. The summed E-state index contributed by atoms with van der Waals surface area (Å²) in [4.78, 5) is 43.1. The number of nitrogens with one attached hydrogen (secondary N) is 1. The van der Waals surface area contributed by atoms with Gasteiger partial charge in [0.1, 0.15) is 0 Å². The first-order valence-corrected chi connectivity index (χ1v) is 12.0. The Kier molecular flexibility index (Phi) is 6.84. The van der Waals surface area contributed by atoms with E-state index in [4.69, 9.17) is 0 Å². The van der Waals surface area contributed by atoms with Crippen LogP contribution >= 0.6 is 0 Å². The van der Waals surface area contributed by atoms with Crippen molar-refractivity contribution in [1.82, 2.24) is 15.1 Å². The Morgan fingerprint density at radius 3 is 2.75 bits per heavy atom. The minimum absolute atomic E-state index is 0.0658. The topological polar surface area (TPSA) is 73.0 Å². The van der Waals surface area contributed by atoms with Gasteiger partial charge in [0.05, 0.1) is 0 Å². The van der Waals surface area contributed by atoms with Crippen molar-refractivity contribution in [3.63, 3.8) is 0 Å². The molecule has 1 aromatic carbocycles. The molecule has 0 aliphatic carbocycles. The number of carbonyl (C=O) groups excluding carboxylic acids is 3. The predicted molar refractivity (Wildman–Crippen MR) is 125 cm³/mol. The van der Waals surface area contributed by atoms with Crippen LogP contribution in [0.2, 0.25) is 0 Å². The average molecular weight is 441 g/mol. The van der Waals surface area contributed by atoms with E-state index >= 15 is 0 Å². The number of hydrogen-bond acceptors (Lipinski definition) is 4. The molecule has 7 heteroatoms. The van der Waals surface area contributed by atoms with E-state index in [9.17, 15) is 14.4 Å². The van der Waals surface area contributed by atoms with Crippen molar-refractivity contribution in [3.05, 3.63) is 29.3 Å². The zero-order valence-corrected chi connectivity index (χ0v) is 19.6. The molecule has 3 saturated heterocycles. The van der Waals surface area contributed by atoms with E-state index in [-0.39, 0.29) is 17.7 Å². The first-order chi connectivity index (χ1) is 15.3. The van der Waals surface area contributed by atoms with Crippen LogP contribution in [0.4, 0.5) is 5.69 Å². The summed E-state index contributed by atoms with van der Waals surface area (Å²) in [7, 11) is 3.60. The van der Waals surface area contributed by atoms with Crippen molar-refractivity contribution >= 4 is 23.4 Å². The Bertz CT molecular complexity index is 884. The summed E-state index contributed by atoms with van der Waals surface area (Å²) in [5, 5.41) is 3.67. The number of fused-ring (bicyclic) bond motifs is 2. The van der Waals surface area contributed by atoms with Crippen LogP contribution in [-0.2, 0) is 9.59 Å². The van der Waals surface area contributed by atoms with Crippen LogP contribution in [-0.4, -0.2) is 73.8 Å². The first kappa shape index (κ1) is 22.8. The molecule has 3 aliphatic rings. The molecule has 3 atom stereocenters. The third-order valence-electron chi connectivity index (χ3n) is 7.32. The second-order valence-corrected chi connectivity index (χ2v) is 9.92. The molecule has 3 fully saturated rings. The second kappa shape index (κ2) is 9.61. The first-order valence-electron chi connectivity index (χ1n) is 12.0. The monoisotopic (exact) mass is 440 g/mol. The van der Waals surface area contributed by atoms with Crippen LogP contribution in [0.3, 0.4) is 0 Å². The lowest BCUT2D eigenvalue weighted by Crippen LogP contribution is -2.57. The van der Waals surface area contributed by atoms with Gasteiger partial charge in [-0.05, 0) is 68.7 Å². The number of piperidine rings is 2. The van der Waals surface area contributed by atoms with Gasteiger partial charge in [-0.25, -0.2) is 0 Å². The maximum Gasteiger partial charge on any atom is 0.253 e. The summed E-state index contributed by atoms with van der Waals surface area (Å²) in [6.45, 7) is 5.18. The highest BCUT2D eigenvalue weighted by molar-refractivity contribution is 5.99. The average Bonchev–Trinajstić information content (AvgIpc) is 3.20. The highest BCUT2D eigenvalue weighted by atomic mass is 16.2. The van der Waals surface area contributed by atoms with Gasteiger partial charge in [0.2, 0.25) is 11.8 Å². The molecule has 3 heterocycles. The van der Waals surface area contributed by atoms with Gasteiger partial charge in [0.25, 0.3) is 5.91 Å². The predicted octanol–water partition coefficient (Wildman–Crippen LogP) is 2.43. The third kappa shape index (κ3) is 4.82. The quantitative estimate of drug-likeness (QED) is 0.737. The molecule has 0 radical (unpaired) electrons. The summed E-state index contributed by atoms with van der Waals surface area (Å²) < 4.78 is 0. The molecule has 0 unspecified atom stereocenters. The summed E-state index contributed by atoms with van der Waals surface area (Å²) in [5.41, 5.74) is 2.58. The Labute approximate surface area is 191 Å². The fourth-order valence-electron chi connectivity index (χ4n) is 5.49. The molecule has 2 bridgehead atoms. The van der Waals surface area contributed by atoms with E-state index in [1.807, 2.05) is 34.9 Å². The molecule has 0 spiro atoms. The zero-order valence-electron chi connectivity index (χ0n) is 19.6. The summed E-state index contributed by atoms with van der Waals surface area (Å²) in [6.07, 6.45) is 5.01. The molecule has 3 amide bonds. The van der Waals surface area contributed by atoms with Crippen molar-refractivity contribution in [3.8, 4) is 0 Å². The summed E-state index contributed by atoms with van der Waals surface area (Å²) >= 11 is 0. The molecule has 32 heavy (non-hydrogen) atoms. The number of amides is 3. The van der Waals surface area contributed by atoms with E-state index in [1.54, 1.807) is 19.0 Å². The van der Waals surface area contributed by atoms with Gasteiger partial charge in [-0.15, -0.1) is 0 Å². The van der Waals surface area contributed by atoms with E-state index in [1.165, 1.54) is 0 Å². The van der Waals surface area contributed by atoms with Crippen LogP contribution in [0.5, 0.6) is 0 Å². The lowest BCUT2D eigenvalue weighted by Gasteiger charge is -2.46. The normalized spacial score (nSPS) is 25.2. The lowest BCUT2D eigenvalue weighted by atomic mass is 9.78. The number of hydrogen-bond donors (Lipinski definition) is 1. The third-order valence-corrected chi connectivity index (χ3v) is 7.32. The Morgan fingerprint density at radius 2 is 2.03 bits per heavy atom. The fraction of sp³-hybridized carbons (Fsp3) is 0.640. The van der Waals surface area contributed by atoms with Crippen molar-refractivity contribution in [2.75, 3.05) is 45.2 Å². The molecule has 4 rings (SSSR count). The van der Waals surface area contributed by atoms with Crippen LogP contribution < -0.4 is 10.2 Å². The molecule has 1 aromatic rings. The Balaban J connectivity index is 1.42. The van der Waals surface area contributed by atoms with Crippen LogP contribution in [0.15, 0.2) is 18.2 Å². The van der Waals surface area contributed by atoms with Gasteiger partial charge in [-0.3, -0.25) is 14.4 Å². The Morgan fingerprint density at radius 1 is 1.22 bits per heavy atom. The van der Waals surface area contributed by atoms with E-state index in [0.29, 0.717) is 36.3 Å². The largest absolute Gasteiger partial charge is 0.349 e. The van der Waals surface area contributed by atoms with Crippen molar-refractivity contribution in [2.24, 2.45) is 11.8 Å². The van der Waals surface area contributed by atoms with Gasteiger partial charge >= 0.3 is 0 Å².